The topological polar surface area (TPSA) is 29.2 Å². The molecule has 2 aliphatic rings. The van der Waals surface area contributed by atoms with Crippen molar-refractivity contribution in [2.75, 3.05) is 19.6 Å². The Kier molecular flexibility index (Phi) is 1.96. The maximum Gasteiger partial charge on any atom is 0.211 e. The number of hydrogen-bond donors (Lipinski definition) is 0. The Morgan fingerprint density at radius 1 is 1.75 bits per heavy atom. The molecule has 0 aliphatic carbocycles. The molecule has 2 bridgehead atoms. The van der Waals surface area contributed by atoms with Crippen molar-refractivity contribution in [1.82, 2.24) is 4.90 Å². The SMILES string of the molecule is CC#[N+]ON=C1CN2CCC1C2. The Hall–Kier alpha value is -1.08. The first-order valence-electron chi connectivity index (χ1n) is 4.22. The van der Waals surface area contributed by atoms with Crippen molar-refractivity contribution in [3.05, 3.63) is 5.01 Å². The van der Waals surface area contributed by atoms with Gasteiger partial charge in [-0.3, -0.25) is 4.90 Å². The molecule has 2 heterocycles. The normalized spacial score (nSPS) is 34.9. The fourth-order valence-electron chi connectivity index (χ4n) is 1.82. The molecule has 2 unspecified atom stereocenters. The summed E-state index contributed by atoms with van der Waals surface area (Å²) >= 11 is 0. The van der Waals surface area contributed by atoms with Crippen LogP contribution >= 0.6 is 0 Å². The average Bonchev–Trinajstić information content (AvgIpc) is 2.65. The first kappa shape index (κ1) is 7.56. The van der Waals surface area contributed by atoms with Crippen LogP contribution in [0.3, 0.4) is 0 Å². The molecule has 0 radical (unpaired) electrons. The highest BCUT2D eigenvalue weighted by molar-refractivity contribution is 5.91. The molecule has 0 spiro atoms. The summed E-state index contributed by atoms with van der Waals surface area (Å²) in [6.45, 7) is 5.02. The minimum Gasteiger partial charge on any atom is -0.295 e. The fourth-order valence-corrected chi connectivity index (χ4v) is 1.82. The molecule has 0 aromatic carbocycles. The van der Waals surface area contributed by atoms with Gasteiger partial charge in [0.15, 0.2) is 10.9 Å². The zero-order valence-electron chi connectivity index (χ0n) is 7.16. The van der Waals surface area contributed by atoms with Crippen LogP contribution in [-0.4, -0.2) is 30.2 Å². The molecular formula is C8H12N3O+. The van der Waals surface area contributed by atoms with Crippen LogP contribution in [0.25, 0.3) is 5.01 Å². The van der Waals surface area contributed by atoms with Crippen LogP contribution in [0.1, 0.15) is 13.3 Å². The van der Waals surface area contributed by atoms with Gasteiger partial charge in [-0.05, 0) is 13.0 Å². The van der Waals surface area contributed by atoms with Gasteiger partial charge in [0.2, 0.25) is 6.07 Å². The third-order valence-electron chi connectivity index (χ3n) is 2.42. The van der Waals surface area contributed by atoms with Gasteiger partial charge in [-0.2, -0.15) is 0 Å². The molecule has 0 N–H and O–H groups in total. The largest absolute Gasteiger partial charge is 0.295 e. The Labute approximate surface area is 71.6 Å². The summed E-state index contributed by atoms with van der Waals surface area (Å²) < 4.78 is 0. The third kappa shape index (κ3) is 1.28. The van der Waals surface area contributed by atoms with Gasteiger partial charge in [-0.25, -0.2) is 0 Å². The monoisotopic (exact) mass is 166 g/mol. The smallest absolute Gasteiger partial charge is 0.211 e. The molecule has 12 heavy (non-hydrogen) atoms. The van der Waals surface area contributed by atoms with E-state index >= 15 is 0 Å². The second-order valence-electron chi connectivity index (χ2n) is 3.20. The Bertz CT molecular complexity index is 263. The lowest BCUT2D eigenvalue weighted by atomic mass is 10.0. The van der Waals surface area contributed by atoms with E-state index in [4.69, 9.17) is 4.94 Å². The Balaban J connectivity index is 1.96. The van der Waals surface area contributed by atoms with Gasteiger partial charge in [-0.1, -0.05) is 0 Å². The lowest BCUT2D eigenvalue weighted by Crippen LogP contribution is -2.23. The average molecular weight is 166 g/mol. The lowest BCUT2D eigenvalue weighted by Gasteiger charge is -2.08. The fraction of sp³-hybridized carbons (Fsp3) is 0.750. The standard InChI is InChI=1S/C8H12N3O/c1-2-9-12-10-8-6-11-4-3-7(8)5-11/h7H,3-6H2,1H3/q+1. The first-order valence-corrected chi connectivity index (χ1v) is 4.22. The van der Waals surface area contributed by atoms with E-state index in [1.54, 1.807) is 6.92 Å². The molecule has 0 amide bonds. The van der Waals surface area contributed by atoms with E-state index in [2.05, 4.69) is 21.1 Å². The maximum atomic E-state index is 4.69. The van der Waals surface area contributed by atoms with Crippen molar-refractivity contribution in [3.63, 3.8) is 0 Å². The molecule has 2 saturated heterocycles. The third-order valence-corrected chi connectivity index (χ3v) is 2.42. The Morgan fingerprint density at radius 3 is 3.25 bits per heavy atom. The number of nitrogens with zero attached hydrogens (tertiary/aromatic N) is 3. The van der Waals surface area contributed by atoms with Crippen molar-refractivity contribution in [1.29, 1.82) is 0 Å². The number of hydrogen-bond acceptors (Lipinski definition) is 3. The van der Waals surface area contributed by atoms with Gasteiger partial charge in [0.25, 0.3) is 0 Å². The molecule has 0 aromatic heterocycles. The van der Waals surface area contributed by atoms with E-state index in [9.17, 15) is 0 Å². The summed E-state index contributed by atoms with van der Waals surface area (Å²) in [6, 6.07) is 2.52. The summed E-state index contributed by atoms with van der Waals surface area (Å²) in [7, 11) is 0. The molecule has 2 fully saturated rings. The molecule has 0 aromatic rings. The summed E-state index contributed by atoms with van der Waals surface area (Å²) in [4.78, 5) is 7.08. The zero-order chi connectivity index (χ0) is 8.39. The van der Waals surface area contributed by atoms with Crippen LogP contribution in [0, 0.1) is 12.0 Å². The van der Waals surface area contributed by atoms with Gasteiger partial charge in [0.1, 0.15) is 0 Å². The quantitative estimate of drug-likeness (QED) is 0.543. The molecule has 2 atom stereocenters. The van der Waals surface area contributed by atoms with Gasteiger partial charge < -0.3 is 0 Å². The second-order valence-corrected chi connectivity index (χ2v) is 3.20. The van der Waals surface area contributed by atoms with Gasteiger partial charge in [0, 0.05) is 17.4 Å². The zero-order valence-corrected chi connectivity index (χ0v) is 7.16. The molecule has 2 aliphatic heterocycles. The van der Waals surface area contributed by atoms with Crippen molar-refractivity contribution < 1.29 is 4.94 Å². The van der Waals surface area contributed by atoms with E-state index in [1.807, 2.05) is 0 Å². The van der Waals surface area contributed by atoms with Crippen LogP contribution in [0.4, 0.5) is 0 Å². The van der Waals surface area contributed by atoms with Crippen LogP contribution in [0.2, 0.25) is 0 Å². The van der Waals surface area contributed by atoms with Crippen molar-refractivity contribution >= 4 is 5.71 Å². The number of piperidine rings is 1. The Morgan fingerprint density at radius 2 is 2.67 bits per heavy atom. The highest BCUT2D eigenvalue weighted by Crippen LogP contribution is 2.25. The van der Waals surface area contributed by atoms with Crippen LogP contribution in [0.15, 0.2) is 5.16 Å². The highest BCUT2D eigenvalue weighted by atomic mass is 16.8. The molecule has 4 nitrogen and oxygen atoms in total. The summed E-state index contributed by atoms with van der Waals surface area (Å²) in [5.74, 6) is 0.622. The summed E-state index contributed by atoms with van der Waals surface area (Å²) in [5.41, 5.74) is 1.14. The minimum atomic E-state index is 0.622. The molecule has 0 saturated carbocycles. The minimum absolute atomic E-state index is 0.622. The van der Waals surface area contributed by atoms with E-state index in [0.717, 1.165) is 18.8 Å². The second kappa shape index (κ2) is 3.11. The predicted molar refractivity (Wildman–Crippen MR) is 46.0 cm³/mol. The first-order chi connectivity index (χ1) is 5.90. The van der Waals surface area contributed by atoms with Gasteiger partial charge in [0.05, 0.1) is 18.5 Å². The van der Waals surface area contributed by atoms with Gasteiger partial charge in [-0.15, -0.1) is 0 Å². The molecular weight excluding hydrogens is 154 g/mol. The summed E-state index contributed by atoms with van der Waals surface area (Å²) in [5, 5.41) is 7.40. The lowest BCUT2D eigenvalue weighted by molar-refractivity contribution is 0.257. The van der Waals surface area contributed by atoms with E-state index in [1.165, 1.54) is 13.0 Å². The number of fused-ring (bicyclic) bond motifs is 2. The van der Waals surface area contributed by atoms with E-state index < -0.39 is 0 Å². The van der Waals surface area contributed by atoms with Crippen molar-refractivity contribution in [3.8, 4) is 6.07 Å². The van der Waals surface area contributed by atoms with Crippen LogP contribution in [0.5, 0.6) is 0 Å². The van der Waals surface area contributed by atoms with Crippen LogP contribution < -0.4 is 0 Å². The van der Waals surface area contributed by atoms with E-state index in [-0.39, 0.29) is 0 Å². The highest BCUT2D eigenvalue weighted by Gasteiger charge is 2.39. The van der Waals surface area contributed by atoms with Crippen molar-refractivity contribution in [2.45, 2.75) is 13.3 Å². The molecule has 4 heteroatoms. The van der Waals surface area contributed by atoms with Crippen LogP contribution in [-0.2, 0) is 4.94 Å². The molecule has 2 rings (SSSR count). The maximum absolute atomic E-state index is 4.69. The summed E-state index contributed by atoms with van der Waals surface area (Å²) in [6.07, 6.45) is 1.22. The van der Waals surface area contributed by atoms with E-state index in [0.29, 0.717) is 5.92 Å². The van der Waals surface area contributed by atoms with Crippen molar-refractivity contribution in [2.24, 2.45) is 11.1 Å². The number of oxime groups is 1. The predicted octanol–water partition coefficient (Wildman–Crippen LogP) is 0.962. The van der Waals surface area contributed by atoms with Gasteiger partial charge >= 0.3 is 0 Å². The molecule has 64 valence electrons. The number of rotatable bonds is 1.